The minimum absolute atomic E-state index is 0.900. The van der Waals surface area contributed by atoms with Gasteiger partial charge in [-0.2, -0.15) is 5.11 Å². The molecular formula is C16H30N2S2. The first kappa shape index (κ1) is 18.1. The second-order valence-electron chi connectivity index (χ2n) is 5.52. The molecule has 0 N–H and O–H groups in total. The van der Waals surface area contributed by atoms with E-state index in [1.807, 2.05) is 0 Å². The molecule has 0 amide bonds. The van der Waals surface area contributed by atoms with E-state index < -0.39 is 0 Å². The number of rotatable bonds is 0. The van der Waals surface area contributed by atoms with E-state index in [4.69, 9.17) is 0 Å². The predicted molar refractivity (Wildman–Crippen MR) is 94.1 cm³/mol. The molecular weight excluding hydrogens is 284 g/mol. The molecule has 0 fully saturated rings. The molecule has 0 spiro atoms. The van der Waals surface area contributed by atoms with Gasteiger partial charge in [0.15, 0.2) is 0 Å². The number of hydrogen-bond acceptors (Lipinski definition) is 4. The molecule has 0 saturated carbocycles. The van der Waals surface area contributed by atoms with Gasteiger partial charge in [-0.05, 0) is 35.5 Å². The Morgan fingerprint density at radius 3 is 1.85 bits per heavy atom. The van der Waals surface area contributed by atoms with Crippen molar-refractivity contribution in [3.05, 3.63) is 11.5 Å². The summed E-state index contributed by atoms with van der Waals surface area (Å²) >= 11 is 0. The van der Waals surface area contributed by atoms with Crippen molar-refractivity contribution >= 4 is 21.8 Å². The van der Waals surface area contributed by atoms with Crippen LogP contribution in [0.3, 0.4) is 0 Å². The summed E-state index contributed by atoms with van der Waals surface area (Å²) in [5.41, 5.74) is 0. The Kier molecular flexibility index (Phi) is 14.0. The Bertz CT molecular complexity index is 229. The Balaban J connectivity index is 2.11. The van der Waals surface area contributed by atoms with Gasteiger partial charge in [-0.1, -0.05) is 70.3 Å². The summed E-state index contributed by atoms with van der Waals surface area (Å²) in [7, 11) is 3.17. The molecule has 0 aromatic carbocycles. The first-order chi connectivity index (χ1) is 10.0. The van der Waals surface area contributed by atoms with Crippen LogP contribution in [0.25, 0.3) is 0 Å². The van der Waals surface area contributed by atoms with Gasteiger partial charge in [0, 0.05) is 0 Å². The lowest BCUT2D eigenvalue weighted by atomic mass is 10.0. The molecule has 0 aromatic rings. The van der Waals surface area contributed by atoms with Gasteiger partial charge in [0.2, 0.25) is 0 Å². The second-order valence-corrected chi connectivity index (χ2v) is 7.32. The molecule has 4 heteroatoms. The second kappa shape index (κ2) is 15.4. The largest absolute Gasteiger partial charge is 0.181 e. The number of allylic oxidation sites excluding steroid dienone is 1. The third-order valence-electron chi connectivity index (χ3n) is 3.66. The van der Waals surface area contributed by atoms with Crippen LogP contribution in [0, 0.1) is 0 Å². The van der Waals surface area contributed by atoms with Crippen molar-refractivity contribution < 1.29 is 0 Å². The third-order valence-corrected chi connectivity index (χ3v) is 5.03. The topological polar surface area (TPSA) is 24.7 Å². The molecule has 116 valence electrons. The molecule has 1 rings (SSSR count). The normalized spacial score (nSPS) is 25.6. The van der Waals surface area contributed by atoms with Crippen LogP contribution >= 0.6 is 21.8 Å². The first-order valence-electron chi connectivity index (χ1n) is 8.34. The zero-order chi connectivity index (χ0) is 14.1. The van der Waals surface area contributed by atoms with Crippen LogP contribution in [0.15, 0.2) is 21.1 Å². The van der Waals surface area contributed by atoms with E-state index in [9.17, 15) is 0 Å². The summed E-state index contributed by atoms with van der Waals surface area (Å²) < 4.78 is 4.12. The smallest absolute Gasteiger partial charge is 0.0716 e. The molecule has 0 aromatic heterocycles. The fourth-order valence-corrected chi connectivity index (χ4v) is 3.50. The lowest BCUT2D eigenvalue weighted by molar-refractivity contribution is 0.542. The van der Waals surface area contributed by atoms with Crippen LogP contribution in [0.5, 0.6) is 0 Å². The van der Waals surface area contributed by atoms with Gasteiger partial charge in [0.25, 0.3) is 0 Å². The lowest BCUT2D eigenvalue weighted by Crippen LogP contribution is -1.84. The van der Waals surface area contributed by atoms with Gasteiger partial charge in [-0.15, -0.1) is 4.52 Å². The Morgan fingerprint density at radius 2 is 1.20 bits per heavy atom. The van der Waals surface area contributed by atoms with Gasteiger partial charge in [-0.25, -0.2) is 0 Å². The lowest BCUT2D eigenvalue weighted by Gasteiger charge is -2.02. The van der Waals surface area contributed by atoms with E-state index in [0.29, 0.717) is 0 Å². The highest BCUT2D eigenvalue weighted by atomic mass is 33.1. The average molecular weight is 315 g/mol. The highest BCUT2D eigenvalue weighted by Gasteiger charge is 1.94. The molecule has 20 heavy (non-hydrogen) atoms. The van der Waals surface area contributed by atoms with Gasteiger partial charge >= 0.3 is 0 Å². The van der Waals surface area contributed by atoms with Crippen molar-refractivity contribution in [3.63, 3.8) is 0 Å². The highest BCUT2D eigenvalue weighted by molar-refractivity contribution is 8.77. The van der Waals surface area contributed by atoms with E-state index in [-0.39, 0.29) is 0 Å². The van der Waals surface area contributed by atoms with Gasteiger partial charge in [-0.3, -0.25) is 0 Å². The maximum Gasteiger partial charge on any atom is 0.0716 e. The molecule has 0 saturated heterocycles. The maximum atomic E-state index is 4.19. The summed E-state index contributed by atoms with van der Waals surface area (Å²) in [4.78, 5) is 0. The minimum atomic E-state index is 0.900. The van der Waals surface area contributed by atoms with E-state index in [1.165, 1.54) is 94.5 Å². The molecule has 0 atom stereocenters. The van der Waals surface area contributed by atoms with Gasteiger partial charge in [0.05, 0.1) is 17.5 Å². The van der Waals surface area contributed by atoms with E-state index in [2.05, 4.69) is 21.1 Å². The zero-order valence-corrected chi connectivity index (χ0v) is 14.4. The first-order valence-corrected chi connectivity index (χ1v) is 10.5. The van der Waals surface area contributed by atoms with Gasteiger partial charge < -0.3 is 0 Å². The van der Waals surface area contributed by atoms with E-state index >= 15 is 0 Å². The quantitative estimate of drug-likeness (QED) is 0.345. The Labute approximate surface area is 133 Å². The molecule has 0 bridgehead atoms. The summed E-state index contributed by atoms with van der Waals surface area (Å²) in [5, 5.41) is 6.35. The van der Waals surface area contributed by atoms with E-state index in [1.54, 1.807) is 10.8 Å². The molecule has 2 nitrogen and oxygen atoms in total. The SMILES string of the molecule is C1=C\SS/N=N/CCCCCCCCCCCCCC/1. The van der Waals surface area contributed by atoms with Crippen LogP contribution < -0.4 is 0 Å². The fourth-order valence-electron chi connectivity index (χ4n) is 2.43. The molecule has 0 radical (unpaired) electrons. The van der Waals surface area contributed by atoms with Crippen LogP contribution in [0.4, 0.5) is 0 Å². The summed E-state index contributed by atoms with van der Waals surface area (Å²) in [6, 6.07) is 0. The molecule has 0 unspecified atom stereocenters. The summed E-state index contributed by atoms with van der Waals surface area (Å²) in [5.74, 6) is 0. The average Bonchev–Trinajstić information content (AvgIpc) is 2.46. The standard InChI is InChI=1S/C16H30N2S2/c1-2-4-6-8-10-12-14-16-19-20-18-17-15-13-11-9-7-5-3-1/h14,16H,1-13,15H2/b16-14-,18-17+. The van der Waals surface area contributed by atoms with Gasteiger partial charge in [0.1, 0.15) is 0 Å². The maximum absolute atomic E-state index is 4.19. The van der Waals surface area contributed by atoms with Crippen molar-refractivity contribution in [1.29, 1.82) is 0 Å². The van der Waals surface area contributed by atoms with Crippen molar-refractivity contribution in [2.75, 3.05) is 6.54 Å². The third kappa shape index (κ3) is 13.0. The monoisotopic (exact) mass is 314 g/mol. The Morgan fingerprint density at radius 1 is 0.650 bits per heavy atom. The van der Waals surface area contributed by atoms with E-state index in [0.717, 1.165) is 6.54 Å². The number of nitrogens with zero attached hydrogens (tertiary/aromatic N) is 2. The summed E-state index contributed by atoms with van der Waals surface area (Å²) in [6.07, 6.45) is 20.1. The van der Waals surface area contributed by atoms with Crippen LogP contribution in [0.1, 0.15) is 83.5 Å². The molecule has 1 aliphatic heterocycles. The van der Waals surface area contributed by atoms with Crippen LogP contribution in [0.2, 0.25) is 0 Å². The summed E-state index contributed by atoms with van der Waals surface area (Å²) in [6.45, 7) is 0.900. The van der Waals surface area contributed by atoms with Crippen molar-refractivity contribution in [2.24, 2.45) is 9.63 Å². The predicted octanol–water partition coefficient (Wildman–Crippen LogP) is 7.33. The Hall–Kier alpha value is 0.0400. The highest BCUT2D eigenvalue weighted by Crippen LogP contribution is 2.24. The van der Waals surface area contributed by atoms with Crippen molar-refractivity contribution in [3.8, 4) is 0 Å². The van der Waals surface area contributed by atoms with Crippen molar-refractivity contribution in [1.82, 2.24) is 0 Å². The number of hydrogen-bond donors (Lipinski definition) is 0. The zero-order valence-electron chi connectivity index (χ0n) is 12.8. The minimum Gasteiger partial charge on any atom is -0.181 e. The van der Waals surface area contributed by atoms with Crippen LogP contribution in [-0.4, -0.2) is 6.54 Å². The fraction of sp³-hybridized carbons (Fsp3) is 0.875. The van der Waals surface area contributed by atoms with Crippen molar-refractivity contribution in [2.45, 2.75) is 83.5 Å². The molecule has 0 aliphatic carbocycles. The molecule has 1 heterocycles. The van der Waals surface area contributed by atoms with Crippen LogP contribution in [-0.2, 0) is 0 Å². The molecule has 1 aliphatic rings.